The van der Waals surface area contributed by atoms with E-state index in [1.807, 2.05) is 0 Å². The number of halogens is 1. The summed E-state index contributed by atoms with van der Waals surface area (Å²) in [6, 6.07) is 4.64. The summed E-state index contributed by atoms with van der Waals surface area (Å²) in [7, 11) is 1.44. The molecule has 2 N–H and O–H groups in total. The van der Waals surface area contributed by atoms with Crippen LogP contribution in [-0.4, -0.2) is 29.6 Å². The zero-order chi connectivity index (χ0) is 14.0. The van der Waals surface area contributed by atoms with Gasteiger partial charge >= 0.3 is 5.97 Å². The van der Waals surface area contributed by atoms with Gasteiger partial charge in [0.1, 0.15) is 11.3 Å². The number of carbonyl (C=O) groups excluding carboxylic acids is 1. The molecule has 0 bridgehead atoms. The van der Waals surface area contributed by atoms with E-state index in [-0.39, 0.29) is 5.56 Å². The van der Waals surface area contributed by atoms with E-state index in [1.165, 1.54) is 13.2 Å². The standard InChI is InChI=1S/C13H14ClNO4/c1-19-10-4-3-8(14)7-9(10)11(16)15-13(12(17)18)5-2-6-13/h3-4,7H,2,5-6H2,1H3,(H,15,16)(H,17,18). The first kappa shape index (κ1) is 13.7. The molecule has 1 aliphatic rings. The third-order valence-electron chi connectivity index (χ3n) is 3.38. The third kappa shape index (κ3) is 2.51. The van der Waals surface area contributed by atoms with E-state index in [9.17, 15) is 14.7 Å². The molecule has 0 aromatic heterocycles. The van der Waals surface area contributed by atoms with Gasteiger partial charge < -0.3 is 15.2 Å². The van der Waals surface area contributed by atoms with Crippen LogP contribution in [0.2, 0.25) is 5.02 Å². The Bertz CT molecular complexity index is 525. The zero-order valence-electron chi connectivity index (χ0n) is 10.4. The highest BCUT2D eigenvalue weighted by Crippen LogP contribution is 2.33. The Morgan fingerprint density at radius 3 is 2.58 bits per heavy atom. The van der Waals surface area contributed by atoms with Gasteiger partial charge in [0, 0.05) is 5.02 Å². The van der Waals surface area contributed by atoms with Gasteiger partial charge in [0.05, 0.1) is 12.7 Å². The van der Waals surface area contributed by atoms with Crippen LogP contribution in [0.4, 0.5) is 0 Å². The molecule has 0 saturated heterocycles. The maximum Gasteiger partial charge on any atom is 0.329 e. The van der Waals surface area contributed by atoms with Crippen molar-refractivity contribution in [2.45, 2.75) is 24.8 Å². The number of hydrogen-bond acceptors (Lipinski definition) is 3. The number of benzene rings is 1. The predicted octanol–water partition coefficient (Wildman–Crippen LogP) is 2.09. The minimum atomic E-state index is -1.15. The molecule has 1 aromatic rings. The van der Waals surface area contributed by atoms with Gasteiger partial charge in [-0.15, -0.1) is 0 Å². The molecule has 102 valence electrons. The van der Waals surface area contributed by atoms with Crippen molar-refractivity contribution < 1.29 is 19.4 Å². The molecular formula is C13H14ClNO4. The first-order valence-corrected chi connectivity index (χ1v) is 6.26. The molecule has 1 amide bonds. The molecule has 0 radical (unpaired) electrons. The van der Waals surface area contributed by atoms with Gasteiger partial charge in [-0.3, -0.25) is 4.79 Å². The topological polar surface area (TPSA) is 75.6 Å². The van der Waals surface area contributed by atoms with Crippen molar-refractivity contribution in [1.29, 1.82) is 0 Å². The quantitative estimate of drug-likeness (QED) is 0.887. The van der Waals surface area contributed by atoms with Crippen LogP contribution in [0.3, 0.4) is 0 Å². The lowest BCUT2D eigenvalue weighted by Crippen LogP contribution is -2.59. The van der Waals surface area contributed by atoms with Gasteiger partial charge in [0.15, 0.2) is 0 Å². The van der Waals surface area contributed by atoms with Crippen LogP contribution >= 0.6 is 11.6 Å². The molecule has 1 saturated carbocycles. The van der Waals surface area contributed by atoms with Crippen LogP contribution in [0, 0.1) is 0 Å². The summed E-state index contributed by atoms with van der Waals surface area (Å²) < 4.78 is 5.08. The lowest BCUT2D eigenvalue weighted by atomic mass is 9.76. The van der Waals surface area contributed by atoms with E-state index in [4.69, 9.17) is 16.3 Å². The number of carboxylic acids is 1. The summed E-state index contributed by atoms with van der Waals surface area (Å²) in [4.78, 5) is 23.4. The average Bonchev–Trinajstić information content (AvgIpc) is 2.33. The van der Waals surface area contributed by atoms with Crippen LogP contribution in [-0.2, 0) is 4.79 Å². The molecule has 1 fully saturated rings. The van der Waals surface area contributed by atoms with Gasteiger partial charge in [-0.05, 0) is 37.5 Å². The number of carbonyl (C=O) groups is 2. The average molecular weight is 284 g/mol. The largest absolute Gasteiger partial charge is 0.496 e. The van der Waals surface area contributed by atoms with Crippen molar-refractivity contribution in [1.82, 2.24) is 5.32 Å². The minimum absolute atomic E-state index is 0.238. The van der Waals surface area contributed by atoms with Gasteiger partial charge in [-0.25, -0.2) is 4.79 Å². The number of ether oxygens (including phenoxy) is 1. The fraction of sp³-hybridized carbons (Fsp3) is 0.385. The molecule has 5 nitrogen and oxygen atoms in total. The third-order valence-corrected chi connectivity index (χ3v) is 3.61. The highest BCUT2D eigenvalue weighted by molar-refractivity contribution is 6.31. The fourth-order valence-corrected chi connectivity index (χ4v) is 2.24. The number of rotatable bonds is 4. The number of methoxy groups -OCH3 is 1. The number of nitrogens with one attached hydrogen (secondary N) is 1. The highest BCUT2D eigenvalue weighted by Gasteiger charge is 2.46. The van der Waals surface area contributed by atoms with Crippen LogP contribution in [0.25, 0.3) is 0 Å². The lowest BCUT2D eigenvalue weighted by Gasteiger charge is -2.38. The summed E-state index contributed by atoms with van der Waals surface area (Å²) >= 11 is 5.85. The number of aliphatic carboxylic acids is 1. The molecule has 1 aromatic carbocycles. The number of carboxylic acid groups (broad SMARTS) is 1. The second-order valence-corrected chi connectivity index (χ2v) is 4.98. The number of amides is 1. The van der Waals surface area contributed by atoms with Crippen molar-refractivity contribution in [3.8, 4) is 5.75 Å². The van der Waals surface area contributed by atoms with Crippen molar-refractivity contribution in [3.05, 3.63) is 28.8 Å². The molecule has 6 heteroatoms. The van der Waals surface area contributed by atoms with E-state index < -0.39 is 17.4 Å². The summed E-state index contributed by atoms with van der Waals surface area (Å²) in [5, 5.41) is 12.2. The van der Waals surface area contributed by atoms with E-state index in [0.717, 1.165) is 6.42 Å². The SMILES string of the molecule is COc1ccc(Cl)cc1C(=O)NC1(C(=O)O)CCC1. The smallest absolute Gasteiger partial charge is 0.329 e. The molecule has 0 unspecified atom stereocenters. The second kappa shape index (κ2) is 5.09. The van der Waals surface area contributed by atoms with Gasteiger partial charge in [-0.2, -0.15) is 0 Å². The fourth-order valence-electron chi connectivity index (χ4n) is 2.06. The van der Waals surface area contributed by atoms with Gasteiger partial charge in [0.25, 0.3) is 5.91 Å². The maximum absolute atomic E-state index is 12.2. The Morgan fingerprint density at radius 2 is 2.11 bits per heavy atom. The van der Waals surface area contributed by atoms with Crippen molar-refractivity contribution >= 4 is 23.5 Å². The predicted molar refractivity (Wildman–Crippen MR) is 69.7 cm³/mol. The van der Waals surface area contributed by atoms with Crippen LogP contribution in [0.15, 0.2) is 18.2 Å². The second-order valence-electron chi connectivity index (χ2n) is 4.54. The summed E-state index contributed by atoms with van der Waals surface area (Å²) in [6.07, 6.45) is 1.67. The molecule has 0 atom stereocenters. The summed E-state index contributed by atoms with van der Waals surface area (Å²) in [5.41, 5.74) is -0.910. The molecular weight excluding hydrogens is 270 g/mol. The van der Waals surface area contributed by atoms with Gasteiger partial charge in [0.2, 0.25) is 0 Å². The molecule has 0 aliphatic heterocycles. The lowest BCUT2D eigenvalue weighted by molar-refractivity contribution is -0.148. The van der Waals surface area contributed by atoms with E-state index >= 15 is 0 Å². The Balaban J connectivity index is 2.25. The van der Waals surface area contributed by atoms with E-state index in [1.54, 1.807) is 12.1 Å². The first-order valence-electron chi connectivity index (χ1n) is 5.88. The normalized spacial score (nSPS) is 16.3. The Labute approximate surface area is 115 Å². The highest BCUT2D eigenvalue weighted by atomic mass is 35.5. The molecule has 1 aliphatic carbocycles. The first-order chi connectivity index (χ1) is 8.98. The van der Waals surface area contributed by atoms with E-state index in [2.05, 4.69) is 5.32 Å². The van der Waals surface area contributed by atoms with Crippen LogP contribution < -0.4 is 10.1 Å². The van der Waals surface area contributed by atoms with Crippen molar-refractivity contribution in [2.75, 3.05) is 7.11 Å². The summed E-state index contributed by atoms with van der Waals surface area (Å²) in [5.74, 6) is -1.13. The Kier molecular flexibility index (Phi) is 3.66. The molecule has 2 rings (SSSR count). The van der Waals surface area contributed by atoms with Crippen LogP contribution in [0.5, 0.6) is 5.75 Å². The molecule has 19 heavy (non-hydrogen) atoms. The zero-order valence-corrected chi connectivity index (χ0v) is 11.2. The van der Waals surface area contributed by atoms with Crippen LogP contribution in [0.1, 0.15) is 29.6 Å². The van der Waals surface area contributed by atoms with Gasteiger partial charge in [-0.1, -0.05) is 11.6 Å². The monoisotopic (exact) mass is 283 g/mol. The minimum Gasteiger partial charge on any atom is -0.496 e. The van der Waals surface area contributed by atoms with Crippen molar-refractivity contribution in [3.63, 3.8) is 0 Å². The molecule has 0 spiro atoms. The van der Waals surface area contributed by atoms with E-state index in [0.29, 0.717) is 23.6 Å². The number of hydrogen-bond donors (Lipinski definition) is 2. The maximum atomic E-state index is 12.2. The Hall–Kier alpha value is -1.75. The molecule has 0 heterocycles. The Morgan fingerprint density at radius 1 is 1.42 bits per heavy atom. The van der Waals surface area contributed by atoms with Crippen molar-refractivity contribution in [2.24, 2.45) is 0 Å². The summed E-state index contributed by atoms with van der Waals surface area (Å²) in [6.45, 7) is 0.